The minimum atomic E-state index is -0.654. The molecular weight excluding hydrogens is 248 g/mol. The molecule has 0 fully saturated rings. The maximum absolute atomic E-state index is 10.6. The predicted molar refractivity (Wildman–Crippen MR) is 63.6 cm³/mol. The second kappa shape index (κ2) is 4.46. The summed E-state index contributed by atoms with van der Waals surface area (Å²) in [6, 6.07) is 6.53. The molecule has 0 radical (unpaired) electrons. The van der Waals surface area contributed by atoms with Crippen LogP contribution in [0.3, 0.4) is 0 Å². The van der Waals surface area contributed by atoms with Crippen LogP contribution >= 0.6 is 22.9 Å². The molecule has 0 aliphatic rings. The van der Waals surface area contributed by atoms with Gasteiger partial charge in [0.2, 0.25) is 5.13 Å². The molecule has 1 heterocycles. The maximum atomic E-state index is 10.6. The Kier molecular flexibility index (Phi) is 3.02. The van der Waals surface area contributed by atoms with Crippen LogP contribution in [0.5, 0.6) is 0 Å². The van der Waals surface area contributed by atoms with Crippen molar-refractivity contribution in [2.24, 2.45) is 5.73 Å². The van der Waals surface area contributed by atoms with Crippen LogP contribution in [0, 0.1) is 0 Å². The Bertz CT molecular complexity index is 510. The molecule has 1 aromatic carbocycles. The van der Waals surface area contributed by atoms with Crippen LogP contribution in [-0.4, -0.2) is 16.2 Å². The van der Waals surface area contributed by atoms with Crippen molar-refractivity contribution in [2.45, 2.75) is 0 Å². The second-order valence-electron chi connectivity index (χ2n) is 2.91. The van der Waals surface area contributed by atoms with E-state index in [0.717, 1.165) is 5.56 Å². The Balaban J connectivity index is 2.24. The van der Waals surface area contributed by atoms with Gasteiger partial charge in [0.25, 0.3) is 0 Å². The molecule has 0 bridgehead atoms. The van der Waals surface area contributed by atoms with Gasteiger partial charge in [0, 0.05) is 10.6 Å². The van der Waals surface area contributed by atoms with Gasteiger partial charge < -0.3 is 5.73 Å². The molecule has 0 saturated heterocycles. The topological polar surface area (TPSA) is 80.9 Å². The van der Waals surface area contributed by atoms with Crippen molar-refractivity contribution >= 4 is 34.1 Å². The average molecular weight is 255 g/mol. The highest BCUT2D eigenvalue weighted by molar-refractivity contribution is 7.18. The molecule has 0 spiro atoms. The molecule has 2 rings (SSSR count). The molecule has 7 heteroatoms. The molecule has 3 N–H and O–H groups in total. The first-order valence-corrected chi connectivity index (χ1v) is 5.50. The quantitative estimate of drug-likeness (QED) is 0.863. The first kappa shape index (κ1) is 10.8. The first-order chi connectivity index (χ1) is 7.65. The highest BCUT2D eigenvalue weighted by Crippen LogP contribution is 2.26. The van der Waals surface area contributed by atoms with Gasteiger partial charge in [-0.3, -0.25) is 5.32 Å². The summed E-state index contributed by atoms with van der Waals surface area (Å²) in [6.07, 6.45) is 0. The van der Waals surface area contributed by atoms with E-state index in [-0.39, 0.29) is 0 Å². The zero-order valence-corrected chi connectivity index (χ0v) is 9.55. The van der Waals surface area contributed by atoms with Crippen molar-refractivity contribution in [3.05, 3.63) is 29.3 Å². The van der Waals surface area contributed by atoms with Crippen LogP contribution < -0.4 is 11.1 Å². The fraction of sp³-hybridized carbons (Fsp3) is 0. The molecule has 82 valence electrons. The maximum Gasteiger partial charge on any atom is 0.318 e. The number of carbonyl (C=O) groups is 1. The Morgan fingerprint density at radius 3 is 2.62 bits per heavy atom. The minimum Gasteiger partial charge on any atom is -0.351 e. The summed E-state index contributed by atoms with van der Waals surface area (Å²) in [5.41, 5.74) is 5.85. The van der Waals surface area contributed by atoms with Gasteiger partial charge in [-0.05, 0) is 12.1 Å². The van der Waals surface area contributed by atoms with Crippen LogP contribution in [0.4, 0.5) is 9.93 Å². The predicted octanol–water partition coefficient (Wildman–Crippen LogP) is 2.35. The number of aromatic nitrogens is 2. The van der Waals surface area contributed by atoms with E-state index in [4.69, 9.17) is 17.3 Å². The molecule has 0 aliphatic carbocycles. The molecule has 2 aromatic rings. The zero-order valence-electron chi connectivity index (χ0n) is 7.98. The summed E-state index contributed by atoms with van der Waals surface area (Å²) in [7, 11) is 0. The molecule has 5 nitrogen and oxygen atoms in total. The van der Waals surface area contributed by atoms with E-state index in [1.54, 1.807) is 12.1 Å². The zero-order chi connectivity index (χ0) is 11.5. The summed E-state index contributed by atoms with van der Waals surface area (Å²) in [6.45, 7) is 0. The highest BCUT2D eigenvalue weighted by atomic mass is 35.5. The second-order valence-corrected chi connectivity index (χ2v) is 4.32. The normalized spacial score (nSPS) is 10.1. The van der Waals surface area contributed by atoms with Crippen LogP contribution in [-0.2, 0) is 0 Å². The monoisotopic (exact) mass is 254 g/mol. The van der Waals surface area contributed by atoms with Gasteiger partial charge in [0.1, 0.15) is 5.01 Å². The van der Waals surface area contributed by atoms with Crippen molar-refractivity contribution in [2.75, 3.05) is 5.32 Å². The minimum absolute atomic E-state index is 0.373. The molecule has 0 saturated carbocycles. The molecule has 2 amide bonds. The number of nitrogens with one attached hydrogen (secondary N) is 1. The highest BCUT2D eigenvalue weighted by Gasteiger charge is 2.07. The number of nitrogens with two attached hydrogens (primary N) is 1. The number of hydrogen-bond donors (Lipinski definition) is 2. The lowest BCUT2D eigenvalue weighted by molar-refractivity contribution is 0.259. The Hall–Kier alpha value is -1.66. The van der Waals surface area contributed by atoms with E-state index in [1.165, 1.54) is 11.3 Å². The van der Waals surface area contributed by atoms with Crippen LogP contribution in [0.1, 0.15) is 0 Å². The van der Waals surface area contributed by atoms with E-state index in [9.17, 15) is 4.79 Å². The number of amides is 2. The van der Waals surface area contributed by atoms with Crippen molar-refractivity contribution < 1.29 is 4.79 Å². The Labute approximate surface area is 100 Å². The number of anilines is 1. The van der Waals surface area contributed by atoms with Gasteiger partial charge in [0.05, 0.1) is 0 Å². The number of urea groups is 1. The molecule has 16 heavy (non-hydrogen) atoms. The van der Waals surface area contributed by atoms with Gasteiger partial charge in [-0.15, -0.1) is 10.2 Å². The number of benzene rings is 1. The number of rotatable bonds is 2. The van der Waals surface area contributed by atoms with Crippen LogP contribution in [0.25, 0.3) is 10.6 Å². The number of carbonyl (C=O) groups excluding carboxylic acids is 1. The van der Waals surface area contributed by atoms with Crippen molar-refractivity contribution in [1.82, 2.24) is 10.2 Å². The lowest BCUT2D eigenvalue weighted by Crippen LogP contribution is -2.18. The van der Waals surface area contributed by atoms with Crippen molar-refractivity contribution in [1.29, 1.82) is 0 Å². The SMILES string of the molecule is NC(=O)Nc1nnc(-c2ccc(Cl)cc2)s1. The largest absolute Gasteiger partial charge is 0.351 e. The third-order valence-electron chi connectivity index (χ3n) is 1.75. The number of halogens is 1. The van der Waals surface area contributed by atoms with Crippen LogP contribution in [0.15, 0.2) is 24.3 Å². The summed E-state index contributed by atoms with van der Waals surface area (Å²) in [4.78, 5) is 10.6. The Morgan fingerprint density at radius 2 is 2.00 bits per heavy atom. The fourth-order valence-electron chi connectivity index (χ4n) is 1.09. The van der Waals surface area contributed by atoms with E-state index < -0.39 is 6.03 Å². The van der Waals surface area contributed by atoms with E-state index in [2.05, 4.69) is 15.5 Å². The summed E-state index contributed by atoms with van der Waals surface area (Å²) in [5.74, 6) is 0. The smallest absolute Gasteiger partial charge is 0.318 e. The number of primary amides is 1. The van der Waals surface area contributed by atoms with Gasteiger partial charge in [0.15, 0.2) is 0 Å². The van der Waals surface area contributed by atoms with Crippen molar-refractivity contribution in [3.8, 4) is 10.6 Å². The van der Waals surface area contributed by atoms with E-state index in [0.29, 0.717) is 15.2 Å². The van der Waals surface area contributed by atoms with Gasteiger partial charge in [-0.1, -0.05) is 35.1 Å². The number of nitrogens with zero attached hydrogens (tertiary/aromatic N) is 2. The Morgan fingerprint density at radius 1 is 1.31 bits per heavy atom. The van der Waals surface area contributed by atoms with E-state index in [1.807, 2.05) is 12.1 Å². The summed E-state index contributed by atoms with van der Waals surface area (Å²) >= 11 is 7.01. The summed E-state index contributed by atoms with van der Waals surface area (Å²) in [5, 5.41) is 11.8. The lowest BCUT2D eigenvalue weighted by Gasteiger charge is -1.94. The third kappa shape index (κ3) is 2.47. The van der Waals surface area contributed by atoms with Gasteiger partial charge in [-0.2, -0.15) is 0 Å². The van der Waals surface area contributed by atoms with Crippen LogP contribution in [0.2, 0.25) is 5.02 Å². The average Bonchev–Trinajstić information content (AvgIpc) is 2.66. The standard InChI is InChI=1S/C9H7ClN4OS/c10-6-3-1-5(2-4-6)7-13-14-9(16-7)12-8(11)15/h1-4H,(H3,11,12,14,15). The van der Waals surface area contributed by atoms with Gasteiger partial charge in [-0.25, -0.2) is 4.79 Å². The molecule has 0 unspecified atom stereocenters. The number of hydrogen-bond acceptors (Lipinski definition) is 4. The third-order valence-corrected chi connectivity index (χ3v) is 2.89. The van der Waals surface area contributed by atoms with Gasteiger partial charge >= 0.3 is 6.03 Å². The lowest BCUT2D eigenvalue weighted by atomic mass is 10.2. The molecular formula is C9H7ClN4OS. The van der Waals surface area contributed by atoms with E-state index >= 15 is 0 Å². The van der Waals surface area contributed by atoms with Crippen molar-refractivity contribution in [3.63, 3.8) is 0 Å². The molecule has 1 aromatic heterocycles. The fourth-order valence-corrected chi connectivity index (χ4v) is 1.97. The first-order valence-electron chi connectivity index (χ1n) is 4.31. The molecule has 0 atom stereocenters. The molecule has 0 aliphatic heterocycles. The summed E-state index contributed by atoms with van der Waals surface area (Å²) < 4.78 is 0.